The number of carbonyl (C=O) groups is 3. The van der Waals surface area contributed by atoms with Gasteiger partial charge in [-0.05, 0) is 24.6 Å². The summed E-state index contributed by atoms with van der Waals surface area (Å²) in [5.41, 5.74) is 3.36. The van der Waals surface area contributed by atoms with Crippen LogP contribution in [0.1, 0.15) is 33.4 Å². The zero-order valence-corrected chi connectivity index (χ0v) is 21.2. The summed E-state index contributed by atoms with van der Waals surface area (Å²) in [7, 11) is 2.48. The number of hydrogen-bond donors (Lipinski definition) is 0. The summed E-state index contributed by atoms with van der Waals surface area (Å²) in [6, 6.07) is 24.8. The van der Waals surface area contributed by atoms with Crippen LogP contribution in [0.2, 0.25) is 0 Å². The molecular weight excluding hydrogens is 484 g/mol. The van der Waals surface area contributed by atoms with Gasteiger partial charge in [0.05, 0.1) is 31.9 Å². The Kier molecular flexibility index (Phi) is 8.23. The number of carbonyl (C=O) groups excluding carboxylic acids is 3. The molecule has 0 aliphatic carbocycles. The van der Waals surface area contributed by atoms with E-state index in [1.165, 1.54) is 14.2 Å². The molecule has 0 aliphatic heterocycles. The van der Waals surface area contributed by atoms with Crippen molar-refractivity contribution in [1.29, 1.82) is 0 Å². The summed E-state index contributed by atoms with van der Waals surface area (Å²) in [6.45, 7) is 1.95. The lowest BCUT2D eigenvalue weighted by atomic mass is 9.96. The van der Waals surface area contributed by atoms with Gasteiger partial charge in [-0.1, -0.05) is 78.4 Å². The molecule has 1 unspecified atom stereocenters. The van der Waals surface area contributed by atoms with Crippen LogP contribution in [0.25, 0.3) is 22.5 Å². The number of benzene rings is 3. The van der Waals surface area contributed by atoms with Gasteiger partial charge in [0.1, 0.15) is 5.69 Å². The molecule has 0 fully saturated rings. The van der Waals surface area contributed by atoms with Crippen molar-refractivity contribution in [3.63, 3.8) is 0 Å². The molecule has 8 heteroatoms. The van der Waals surface area contributed by atoms with E-state index < -0.39 is 24.0 Å². The molecule has 0 amide bonds. The predicted octanol–water partition coefficient (Wildman–Crippen LogP) is 4.91. The Labute approximate surface area is 220 Å². The molecule has 8 nitrogen and oxygen atoms in total. The lowest BCUT2D eigenvalue weighted by Gasteiger charge is -2.21. The summed E-state index contributed by atoms with van der Waals surface area (Å²) in [4.78, 5) is 48.0. The van der Waals surface area contributed by atoms with Crippen molar-refractivity contribution in [1.82, 2.24) is 9.97 Å². The van der Waals surface area contributed by atoms with Gasteiger partial charge in [-0.15, -0.1) is 0 Å². The van der Waals surface area contributed by atoms with Gasteiger partial charge in [0.2, 0.25) is 6.10 Å². The van der Waals surface area contributed by atoms with Crippen molar-refractivity contribution < 1.29 is 28.6 Å². The van der Waals surface area contributed by atoms with Crippen LogP contribution >= 0.6 is 0 Å². The van der Waals surface area contributed by atoms with Crippen LogP contribution < -0.4 is 0 Å². The van der Waals surface area contributed by atoms with E-state index in [9.17, 15) is 14.4 Å². The van der Waals surface area contributed by atoms with Gasteiger partial charge in [-0.25, -0.2) is 19.6 Å². The topological polar surface area (TPSA) is 105 Å². The monoisotopic (exact) mass is 510 g/mol. The number of aromatic nitrogens is 2. The maximum absolute atomic E-state index is 13.1. The summed E-state index contributed by atoms with van der Waals surface area (Å²) in [5, 5.41) is 0. The first-order valence-electron chi connectivity index (χ1n) is 11.8. The maximum Gasteiger partial charge on any atom is 0.353 e. The highest BCUT2D eigenvalue weighted by Gasteiger charge is 2.33. The molecule has 0 N–H and O–H groups in total. The Hall–Kier alpha value is -4.85. The summed E-state index contributed by atoms with van der Waals surface area (Å²) < 4.78 is 15.7. The van der Waals surface area contributed by atoms with Crippen molar-refractivity contribution in [3.05, 3.63) is 107 Å². The number of nitrogens with zero attached hydrogens (tertiary/aromatic N) is 2. The third-order valence-corrected chi connectivity index (χ3v) is 5.82. The molecule has 1 heterocycles. The van der Waals surface area contributed by atoms with Crippen LogP contribution in [0, 0.1) is 6.92 Å². The van der Waals surface area contributed by atoms with Gasteiger partial charge >= 0.3 is 17.9 Å². The number of esters is 3. The zero-order valence-electron chi connectivity index (χ0n) is 21.2. The van der Waals surface area contributed by atoms with Crippen LogP contribution in [0.15, 0.2) is 84.9 Å². The van der Waals surface area contributed by atoms with E-state index >= 15 is 0 Å². The highest BCUT2D eigenvalue weighted by atomic mass is 16.6. The minimum atomic E-state index is -1.54. The fraction of sp³-hybridized carbons (Fsp3) is 0.167. The van der Waals surface area contributed by atoms with Crippen molar-refractivity contribution in [3.8, 4) is 22.5 Å². The lowest BCUT2D eigenvalue weighted by Crippen LogP contribution is -2.24. The second-order valence-corrected chi connectivity index (χ2v) is 8.41. The average molecular weight is 511 g/mol. The Morgan fingerprint density at radius 1 is 0.763 bits per heavy atom. The van der Waals surface area contributed by atoms with Gasteiger partial charge in [-0.2, -0.15) is 0 Å². The molecule has 4 aromatic rings. The van der Waals surface area contributed by atoms with Crippen LogP contribution in [0.4, 0.5) is 0 Å². The van der Waals surface area contributed by atoms with Crippen LogP contribution in [-0.2, 0) is 30.2 Å². The van der Waals surface area contributed by atoms with E-state index in [1.807, 2.05) is 37.3 Å². The van der Waals surface area contributed by atoms with E-state index in [-0.39, 0.29) is 23.5 Å². The minimum Gasteiger partial charge on any atom is -0.469 e. The van der Waals surface area contributed by atoms with Gasteiger partial charge < -0.3 is 14.2 Å². The van der Waals surface area contributed by atoms with E-state index in [0.29, 0.717) is 22.4 Å². The Morgan fingerprint density at radius 2 is 1.39 bits per heavy atom. The molecule has 3 aromatic carbocycles. The maximum atomic E-state index is 13.1. The molecule has 0 saturated carbocycles. The van der Waals surface area contributed by atoms with Crippen molar-refractivity contribution in [2.75, 3.05) is 14.2 Å². The van der Waals surface area contributed by atoms with E-state index in [4.69, 9.17) is 24.2 Å². The van der Waals surface area contributed by atoms with Gasteiger partial charge in [0.15, 0.2) is 5.82 Å². The van der Waals surface area contributed by atoms with Gasteiger partial charge in [0, 0.05) is 11.1 Å². The molecule has 1 aromatic heterocycles. The first-order valence-corrected chi connectivity index (χ1v) is 11.8. The Morgan fingerprint density at radius 3 is 2.00 bits per heavy atom. The molecule has 0 aliphatic rings. The summed E-state index contributed by atoms with van der Waals surface area (Å²) in [5.74, 6) is -1.84. The number of aryl methyl sites for hydroxylation is 1. The van der Waals surface area contributed by atoms with Crippen molar-refractivity contribution in [2.45, 2.75) is 19.4 Å². The quantitative estimate of drug-likeness (QED) is 0.243. The molecule has 0 spiro atoms. The van der Waals surface area contributed by atoms with Crippen LogP contribution in [0.3, 0.4) is 0 Å². The molecule has 0 saturated heterocycles. The number of rotatable bonds is 8. The standard InChI is InChI=1S/C30H26N2O6/c1-19-14-16-21(17-15-19)28-31-23(18-24(33)36-2)25(20-10-6-4-7-11-20)26(32-28)27(30(35)37-3)38-29(34)22-12-8-5-9-13-22/h4-17,27H,18H2,1-3H3. The number of ether oxygens (including phenoxy) is 3. The molecule has 1 atom stereocenters. The summed E-state index contributed by atoms with van der Waals surface area (Å²) >= 11 is 0. The second kappa shape index (κ2) is 11.9. The largest absolute Gasteiger partial charge is 0.469 e. The van der Waals surface area contributed by atoms with Crippen molar-refractivity contribution in [2.24, 2.45) is 0 Å². The molecule has 4 rings (SSSR count). The zero-order chi connectivity index (χ0) is 27.1. The highest BCUT2D eigenvalue weighted by molar-refractivity contribution is 5.92. The normalized spacial score (nSPS) is 11.3. The predicted molar refractivity (Wildman–Crippen MR) is 140 cm³/mol. The van der Waals surface area contributed by atoms with Gasteiger partial charge in [-0.3, -0.25) is 4.79 Å². The van der Waals surface area contributed by atoms with Crippen molar-refractivity contribution >= 4 is 17.9 Å². The molecule has 0 radical (unpaired) electrons. The highest BCUT2D eigenvalue weighted by Crippen LogP contribution is 2.35. The first-order chi connectivity index (χ1) is 18.4. The molecule has 0 bridgehead atoms. The number of hydrogen-bond acceptors (Lipinski definition) is 8. The van der Waals surface area contributed by atoms with Crippen LogP contribution in [-0.4, -0.2) is 42.1 Å². The molecule has 38 heavy (non-hydrogen) atoms. The van der Waals surface area contributed by atoms with Crippen LogP contribution in [0.5, 0.6) is 0 Å². The Bertz CT molecular complexity index is 1440. The smallest absolute Gasteiger partial charge is 0.353 e. The fourth-order valence-corrected chi connectivity index (χ4v) is 3.88. The third-order valence-electron chi connectivity index (χ3n) is 5.82. The molecule has 192 valence electrons. The Balaban J connectivity index is 1.97. The van der Waals surface area contributed by atoms with E-state index in [1.54, 1.807) is 54.6 Å². The lowest BCUT2D eigenvalue weighted by molar-refractivity contribution is -0.151. The number of methoxy groups -OCH3 is 2. The third kappa shape index (κ3) is 5.92. The molecular formula is C30H26N2O6. The first kappa shape index (κ1) is 26.2. The summed E-state index contributed by atoms with van der Waals surface area (Å²) in [6.07, 6.45) is -1.73. The minimum absolute atomic E-state index is 0.0943. The van der Waals surface area contributed by atoms with E-state index in [2.05, 4.69) is 0 Å². The fourth-order valence-electron chi connectivity index (χ4n) is 3.88. The van der Waals surface area contributed by atoms with Gasteiger partial charge in [0.25, 0.3) is 0 Å². The second-order valence-electron chi connectivity index (χ2n) is 8.41. The average Bonchev–Trinajstić information content (AvgIpc) is 2.96. The SMILES string of the molecule is COC(=O)Cc1nc(-c2ccc(C)cc2)nc(C(OC(=O)c2ccccc2)C(=O)OC)c1-c1ccccc1. The van der Waals surface area contributed by atoms with E-state index in [0.717, 1.165) is 5.56 Å².